The molecule has 0 aromatic carbocycles. The van der Waals surface area contributed by atoms with Crippen LogP contribution < -0.4 is 0 Å². The lowest BCUT2D eigenvalue weighted by Crippen LogP contribution is -2.29. The fourth-order valence-electron chi connectivity index (χ4n) is 4.91. The molecule has 0 spiro atoms. The highest BCUT2D eigenvalue weighted by Gasteiger charge is 2.27. The van der Waals surface area contributed by atoms with Gasteiger partial charge in [-0.15, -0.1) is 0 Å². The van der Waals surface area contributed by atoms with Crippen molar-refractivity contribution in [3.8, 4) is 0 Å². The van der Waals surface area contributed by atoms with Crippen LogP contribution in [0.25, 0.3) is 0 Å². The molecule has 0 aromatic rings. The third kappa shape index (κ3) is 40.9. The van der Waals surface area contributed by atoms with Crippen LogP contribution in [0, 0.1) is 0 Å². The number of hydrogen-bond acceptors (Lipinski definition) is 9. The summed E-state index contributed by atoms with van der Waals surface area (Å²) in [6.07, 6.45) is 49.4. The molecule has 0 fully saturated rings. The van der Waals surface area contributed by atoms with E-state index in [4.69, 9.17) is 19.1 Å². The van der Waals surface area contributed by atoms with Crippen molar-refractivity contribution >= 4 is 19.8 Å². The first-order chi connectivity index (χ1) is 27.7. The van der Waals surface area contributed by atoms with Crippen molar-refractivity contribution in [2.75, 3.05) is 26.4 Å². The van der Waals surface area contributed by atoms with Gasteiger partial charge >= 0.3 is 19.8 Å². The van der Waals surface area contributed by atoms with Gasteiger partial charge < -0.3 is 24.6 Å². The van der Waals surface area contributed by atoms with Gasteiger partial charge in [0.05, 0.1) is 19.8 Å². The summed E-state index contributed by atoms with van der Waals surface area (Å²) < 4.78 is 32.6. The molecule has 324 valence electrons. The fraction of sp³-hybridized carbons (Fsp3) is 0.609. The zero-order valence-electron chi connectivity index (χ0n) is 35.0. The highest BCUT2D eigenvalue weighted by molar-refractivity contribution is 7.47. The van der Waals surface area contributed by atoms with Gasteiger partial charge in [0.15, 0.2) is 6.10 Å². The van der Waals surface area contributed by atoms with Gasteiger partial charge in [-0.25, -0.2) is 4.57 Å². The third-order valence-corrected chi connectivity index (χ3v) is 9.12. The van der Waals surface area contributed by atoms with Crippen LogP contribution >= 0.6 is 7.82 Å². The van der Waals surface area contributed by atoms with Gasteiger partial charge in [0.2, 0.25) is 0 Å². The number of esters is 2. The van der Waals surface area contributed by atoms with E-state index in [0.29, 0.717) is 12.8 Å². The Hall–Kier alpha value is -3.11. The minimum Gasteiger partial charge on any atom is -0.462 e. The first-order valence-electron chi connectivity index (χ1n) is 21.2. The summed E-state index contributed by atoms with van der Waals surface area (Å²) >= 11 is 0. The topological polar surface area (TPSA) is 149 Å². The lowest BCUT2D eigenvalue weighted by molar-refractivity contribution is -0.161. The number of aliphatic hydroxyl groups excluding tert-OH is 2. The molecule has 0 bridgehead atoms. The first kappa shape index (κ1) is 53.9. The average molecular weight is 819 g/mol. The summed E-state index contributed by atoms with van der Waals surface area (Å²) in [5.41, 5.74) is 0. The van der Waals surface area contributed by atoms with Crippen molar-refractivity contribution in [2.45, 2.75) is 154 Å². The van der Waals surface area contributed by atoms with E-state index in [1.165, 1.54) is 12.8 Å². The molecule has 0 aliphatic rings. The number of hydrogen-bond donors (Lipinski definition) is 3. The van der Waals surface area contributed by atoms with Crippen molar-refractivity contribution in [1.29, 1.82) is 0 Å². The van der Waals surface area contributed by atoms with Crippen molar-refractivity contribution in [1.82, 2.24) is 0 Å². The molecular weight excluding hydrogens is 743 g/mol. The minimum absolute atomic E-state index is 0.133. The van der Waals surface area contributed by atoms with Crippen molar-refractivity contribution in [3.05, 3.63) is 97.2 Å². The minimum atomic E-state index is -4.64. The monoisotopic (exact) mass is 819 g/mol. The summed E-state index contributed by atoms with van der Waals surface area (Å²) in [5.74, 6) is -1.01. The average Bonchev–Trinajstić information content (AvgIpc) is 3.20. The van der Waals surface area contributed by atoms with Crippen molar-refractivity contribution in [3.63, 3.8) is 0 Å². The van der Waals surface area contributed by atoms with Crippen LogP contribution in [0.2, 0.25) is 0 Å². The van der Waals surface area contributed by atoms with Crippen LogP contribution in [0.5, 0.6) is 0 Å². The number of phosphoric acid groups is 1. The zero-order chi connectivity index (χ0) is 41.9. The van der Waals surface area contributed by atoms with Crippen molar-refractivity contribution in [2.24, 2.45) is 0 Å². The molecule has 1 unspecified atom stereocenters. The Bertz CT molecular complexity index is 1260. The lowest BCUT2D eigenvalue weighted by atomic mass is 10.1. The van der Waals surface area contributed by atoms with Crippen LogP contribution in [-0.4, -0.2) is 65.7 Å². The Morgan fingerprint density at radius 1 is 0.526 bits per heavy atom. The van der Waals surface area contributed by atoms with Crippen LogP contribution in [-0.2, 0) is 32.7 Å². The maximum absolute atomic E-state index is 12.6. The van der Waals surface area contributed by atoms with E-state index in [1.54, 1.807) is 0 Å². The molecule has 0 aliphatic carbocycles. The molecule has 0 heterocycles. The zero-order valence-corrected chi connectivity index (χ0v) is 35.9. The Labute approximate surface area is 344 Å². The van der Waals surface area contributed by atoms with Crippen LogP contribution in [0.3, 0.4) is 0 Å². The summed E-state index contributed by atoms with van der Waals surface area (Å²) in [7, 11) is -4.64. The number of carbonyl (C=O) groups is 2. The van der Waals surface area contributed by atoms with Crippen LogP contribution in [0.15, 0.2) is 97.2 Å². The van der Waals surface area contributed by atoms with Gasteiger partial charge in [-0.2, -0.15) is 0 Å². The van der Waals surface area contributed by atoms with E-state index in [0.717, 1.165) is 89.9 Å². The number of carbonyl (C=O) groups excluding carboxylic acids is 2. The van der Waals surface area contributed by atoms with E-state index in [2.05, 4.69) is 116 Å². The number of allylic oxidation sites excluding steroid dienone is 16. The predicted octanol–water partition coefficient (Wildman–Crippen LogP) is 11.2. The highest BCUT2D eigenvalue weighted by Crippen LogP contribution is 2.43. The molecule has 3 N–H and O–H groups in total. The predicted molar refractivity (Wildman–Crippen MR) is 232 cm³/mol. The largest absolute Gasteiger partial charge is 0.472 e. The number of unbranched alkanes of at least 4 members (excludes halogenated alkanes) is 8. The van der Waals surface area contributed by atoms with Crippen LogP contribution in [0.1, 0.15) is 142 Å². The molecule has 0 amide bonds. The van der Waals surface area contributed by atoms with Crippen molar-refractivity contribution < 1.29 is 47.8 Å². The molecule has 57 heavy (non-hydrogen) atoms. The molecule has 0 saturated carbocycles. The highest BCUT2D eigenvalue weighted by atomic mass is 31.2. The quantitative estimate of drug-likeness (QED) is 0.0238. The smallest absolute Gasteiger partial charge is 0.462 e. The molecule has 0 aliphatic heterocycles. The summed E-state index contributed by atoms with van der Waals surface area (Å²) in [5, 5.41) is 18.3. The Morgan fingerprint density at radius 3 is 1.33 bits per heavy atom. The molecule has 10 nitrogen and oxygen atoms in total. The second-order valence-electron chi connectivity index (χ2n) is 13.7. The Balaban J connectivity index is 4.46. The molecule has 11 heteroatoms. The molecule has 0 radical (unpaired) electrons. The SMILES string of the molecule is CCC/C=C/C/C=C/C/C=C/C/C=C/CCCCCC(=O)OC[C@H](COP(=O)(O)OC[C@@H](O)CO)OC(=O)CCCCC/C=C/C/C=C/C/C=C/C/C=C/CCC. The van der Waals surface area contributed by atoms with E-state index in [9.17, 15) is 24.2 Å². The number of rotatable bonds is 38. The van der Waals surface area contributed by atoms with E-state index < -0.39 is 51.8 Å². The third-order valence-electron chi connectivity index (χ3n) is 8.17. The van der Waals surface area contributed by atoms with E-state index in [-0.39, 0.29) is 19.4 Å². The molecule has 0 aromatic heterocycles. The van der Waals surface area contributed by atoms with Gasteiger partial charge in [-0.1, -0.05) is 137 Å². The lowest BCUT2D eigenvalue weighted by Gasteiger charge is -2.20. The molecule has 0 saturated heterocycles. The Kier molecular flexibility index (Phi) is 38.8. The van der Waals surface area contributed by atoms with Gasteiger partial charge in [-0.3, -0.25) is 18.6 Å². The fourth-order valence-corrected chi connectivity index (χ4v) is 5.70. The maximum Gasteiger partial charge on any atom is 0.472 e. The van der Waals surface area contributed by atoms with Gasteiger partial charge in [0.25, 0.3) is 0 Å². The first-order valence-corrected chi connectivity index (χ1v) is 22.7. The Morgan fingerprint density at radius 2 is 0.912 bits per heavy atom. The number of phosphoric ester groups is 1. The molecule has 3 atom stereocenters. The van der Waals surface area contributed by atoms with Crippen LogP contribution in [0.4, 0.5) is 0 Å². The summed E-state index contributed by atoms with van der Waals surface area (Å²) in [6, 6.07) is 0. The normalized spacial score (nSPS) is 14.8. The summed E-state index contributed by atoms with van der Waals surface area (Å²) in [6.45, 7) is 2.14. The molecular formula is C46H75O10P. The van der Waals surface area contributed by atoms with Gasteiger partial charge in [0.1, 0.15) is 12.7 Å². The second-order valence-corrected chi connectivity index (χ2v) is 15.1. The number of aliphatic hydroxyl groups is 2. The van der Waals surface area contributed by atoms with E-state index >= 15 is 0 Å². The second kappa shape index (κ2) is 41.1. The van der Waals surface area contributed by atoms with Gasteiger partial charge in [-0.05, 0) is 89.9 Å². The molecule has 0 rings (SSSR count). The van der Waals surface area contributed by atoms with Gasteiger partial charge in [0, 0.05) is 12.8 Å². The summed E-state index contributed by atoms with van der Waals surface area (Å²) in [4.78, 5) is 35.0. The maximum atomic E-state index is 12.6. The van der Waals surface area contributed by atoms with E-state index in [1.807, 2.05) is 0 Å². The number of ether oxygens (including phenoxy) is 2. The standard InChI is InChI=1S/C46H75O10P/c1-3-5-7-9-11-13-15-17-19-21-23-25-27-29-31-33-35-37-45(49)53-41-44(42-55-57(51,52)54-40-43(48)39-47)56-46(50)38-36-34-32-30-28-26-24-22-20-18-16-14-12-10-8-6-4-2/h7-10,13-16,19-22,25-28,43-44,47-48H,3-6,11-12,17-18,23-24,29-42H2,1-2H3,(H,51,52)/b9-7+,10-8+,15-13+,16-14+,21-19+,22-20+,27-25+,28-26+/t43-,44+/m0/s1.